The zero-order chi connectivity index (χ0) is 14.1. The molecule has 1 aromatic carbocycles. The van der Waals surface area contributed by atoms with Crippen LogP contribution in [0.3, 0.4) is 0 Å². The third-order valence-electron chi connectivity index (χ3n) is 3.63. The van der Waals surface area contributed by atoms with Gasteiger partial charge < -0.3 is 10.4 Å². The van der Waals surface area contributed by atoms with Crippen LogP contribution in [0.2, 0.25) is 0 Å². The fourth-order valence-electron chi connectivity index (χ4n) is 2.65. The number of benzene rings is 1. The van der Waals surface area contributed by atoms with Crippen molar-refractivity contribution in [2.75, 3.05) is 0 Å². The predicted molar refractivity (Wildman–Crippen MR) is 75.3 cm³/mol. The molecule has 2 N–H and O–H groups in total. The minimum absolute atomic E-state index is 0.207. The first-order chi connectivity index (χ1) is 9.65. The number of aromatic nitrogens is 1. The number of nitrogens with zero attached hydrogens (tertiary/aromatic N) is 1. The zero-order valence-corrected chi connectivity index (χ0v) is 11.2. The number of carbonyl (C=O) groups is 1. The Bertz CT molecular complexity index is 654. The lowest BCUT2D eigenvalue weighted by Gasteiger charge is -2.18. The van der Waals surface area contributed by atoms with E-state index in [-0.39, 0.29) is 11.9 Å². The van der Waals surface area contributed by atoms with Crippen LogP contribution in [0, 0.1) is 6.92 Å². The lowest BCUT2D eigenvalue weighted by Crippen LogP contribution is -2.33. The molecule has 1 aliphatic carbocycles. The number of hydrogen-bond donors (Lipinski definition) is 2. The summed E-state index contributed by atoms with van der Waals surface area (Å²) >= 11 is 0. The quantitative estimate of drug-likeness (QED) is 0.872. The van der Waals surface area contributed by atoms with Gasteiger partial charge in [0.15, 0.2) is 0 Å². The van der Waals surface area contributed by atoms with Crippen LogP contribution in [0.4, 0.5) is 0 Å². The van der Waals surface area contributed by atoms with Gasteiger partial charge in [0.1, 0.15) is 0 Å². The van der Waals surface area contributed by atoms with Gasteiger partial charge >= 0.3 is 0 Å². The van der Waals surface area contributed by atoms with Crippen molar-refractivity contribution < 1.29 is 9.90 Å². The van der Waals surface area contributed by atoms with E-state index in [4.69, 9.17) is 0 Å². The topological polar surface area (TPSA) is 62.2 Å². The standard InChI is InChI=1S/C16H16N2O2/c1-10-6-12(9-17-8-10)16(20)18-15-13-5-3-2-4-11(13)7-14(15)19/h2-6,8-9,14-15,19H,7H2,1H3,(H,18,20). The highest BCUT2D eigenvalue weighted by Crippen LogP contribution is 2.31. The number of aliphatic hydroxyl groups is 1. The summed E-state index contributed by atoms with van der Waals surface area (Å²) in [5.41, 5.74) is 3.54. The van der Waals surface area contributed by atoms with E-state index in [0.717, 1.165) is 16.7 Å². The molecule has 20 heavy (non-hydrogen) atoms. The molecule has 0 saturated carbocycles. The molecule has 2 atom stereocenters. The average molecular weight is 268 g/mol. The van der Waals surface area contributed by atoms with E-state index < -0.39 is 6.10 Å². The Morgan fingerprint density at radius 3 is 2.95 bits per heavy atom. The summed E-state index contributed by atoms with van der Waals surface area (Å²) in [5.74, 6) is -0.207. The number of amides is 1. The van der Waals surface area contributed by atoms with Crippen LogP contribution >= 0.6 is 0 Å². The van der Waals surface area contributed by atoms with Gasteiger partial charge in [-0.25, -0.2) is 0 Å². The molecule has 102 valence electrons. The van der Waals surface area contributed by atoms with Crippen molar-refractivity contribution in [3.63, 3.8) is 0 Å². The number of carbonyl (C=O) groups excluding carboxylic acids is 1. The largest absolute Gasteiger partial charge is 0.390 e. The minimum atomic E-state index is -0.575. The van der Waals surface area contributed by atoms with Gasteiger partial charge in [-0.3, -0.25) is 9.78 Å². The summed E-state index contributed by atoms with van der Waals surface area (Å²) in [6.45, 7) is 1.89. The van der Waals surface area contributed by atoms with Crippen LogP contribution < -0.4 is 5.32 Å². The van der Waals surface area contributed by atoms with Crippen LogP contribution in [0.1, 0.15) is 33.1 Å². The third kappa shape index (κ3) is 2.30. The van der Waals surface area contributed by atoms with Gasteiger partial charge in [0.05, 0.1) is 17.7 Å². The van der Waals surface area contributed by atoms with Crippen molar-refractivity contribution >= 4 is 5.91 Å². The second-order valence-corrected chi connectivity index (χ2v) is 5.17. The lowest BCUT2D eigenvalue weighted by molar-refractivity contribution is 0.0857. The first-order valence-electron chi connectivity index (χ1n) is 6.63. The molecule has 0 aliphatic heterocycles. The Hall–Kier alpha value is -2.20. The minimum Gasteiger partial charge on any atom is -0.390 e. The molecule has 0 fully saturated rings. The van der Waals surface area contributed by atoms with Gasteiger partial charge in [-0.2, -0.15) is 0 Å². The predicted octanol–water partition coefficient (Wildman–Crippen LogP) is 1.78. The molecule has 3 rings (SSSR count). The summed E-state index contributed by atoms with van der Waals surface area (Å²) < 4.78 is 0. The smallest absolute Gasteiger partial charge is 0.253 e. The van der Waals surface area contributed by atoms with E-state index in [1.54, 1.807) is 12.3 Å². The fraction of sp³-hybridized carbons (Fsp3) is 0.250. The lowest BCUT2D eigenvalue weighted by atomic mass is 10.1. The molecular formula is C16H16N2O2. The molecule has 0 radical (unpaired) electrons. The average Bonchev–Trinajstić information content (AvgIpc) is 2.75. The third-order valence-corrected chi connectivity index (χ3v) is 3.63. The van der Waals surface area contributed by atoms with Crippen LogP contribution in [-0.2, 0) is 6.42 Å². The van der Waals surface area contributed by atoms with E-state index in [2.05, 4.69) is 10.3 Å². The number of fused-ring (bicyclic) bond motifs is 1. The molecule has 1 aliphatic rings. The van der Waals surface area contributed by atoms with Crippen LogP contribution in [-0.4, -0.2) is 22.1 Å². The molecule has 2 aromatic rings. The van der Waals surface area contributed by atoms with Gasteiger partial charge in [-0.15, -0.1) is 0 Å². The molecule has 0 saturated heterocycles. The van der Waals surface area contributed by atoms with Crippen LogP contribution in [0.5, 0.6) is 0 Å². The van der Waals surface area contributed by atoms with Crippen molar-refractivity contribution in [2.45, 2.75) is 25.5 Å². The molecule has 0 bridgehead atoms. The van der Waals surface area contributed by atoms with Crippen molar-refractivity contribution in [1.29, 1.82) is 0 Å². The Labute approximate surface area is 117 Å². The second-order valence-electron chi connectivity index (χ2n) is 5.17. The SMILES string of the molecule is Cc1cncc(C(=O)NC2c3ccccc3CC2O)c1. The summed E-state index contributed by atoms with van der Waals surface area (Å²) in [6, 6.07) is 9.24. The molecule has 0 spiro atoms. The monoisotopic (exact) mass is 268 g/mol. The Morgan fingerprint density at radius 1 is 1.35 bits per heavy atom. The normalized spacial score (nSPS) is 20.5. The maximum atomic E-state index is 12.2. The number of nitrogens with one attached hydrogen (secondary N) is 1. The molecule has 1 amide bonds. The Morgan fingerprint density at radius 2 is 2.15 bits per heavy atom. The van der Waals surface area contributed by atoms with Crippen molar-refractivity contribution in [3.05, 3.63) is 65.0 Å². The maximum Gasteiger partial charge on any atom is 0.253 e. The molecule has 4 heteroatoms. The summed E-state index contributed by atoms with van der Waals surface area (Å²) in [7, 11) is 0. The van der Waals surface area contributed by atoms with E-state index in [9.17, 15) is 9.90 Å². The number of aryl methyl sites for hydroxylation is 1. The summed E-state index contributed by atoms with van der Waals surface area (Å²) in [5, 5.41) is 13.0. The van der Waals surface area contributed by atoms with E-state index >= 15 is 0 Å². The van der Waals surface area contributed by atoms with Crippen molar-refractivity contribution in [3.8, 4) is 0 Å². The molecule has 1 heterocycles. The Balaban J connectivity index is 1.83. The van der Waals surface area contributed by atoms with Gasteiger partial charge in [0.25, 0.3) is 5.91 Å². The van der Waals surface area contributed by atoms with Crippen LogP contribution in [0.15, 0.2) is 42.7 Å². The maximum absolute atomic E-state index is 12.2. The van der Waals surface area contributed by atoms with Gasteiger partial charge in [0.2, 0.25) is 0 Å². The highest BCUT2D eigenvalue weighted by molar-refractivity contribution is 5.94. The molecule has 4 nitrogen and oxygen atoms in total. The van der Waals surface area contributed by atoms with E-state index in [0.29, 0.717) is 12.0 Å². The van der Waals surface area contributed by atoms with Gasteiger partial charge in [-0.05, 0) is 29.7 Å². The van der Waals surface area contributed by atoms with Gasteiger partial charge in [0, 0.05) is 18.8 Å². The first kappa shape index (κ1) is 12.8. The highest BCUT2D eigenvalue weighted by atomic mass is 16.3. The Kier molecular flexibility index (Phi) is 3.24. The van der Waals surface area contributed by atoms with Crippen LogP contribution in [0.25, 0.3) is 0 Å². The van der Waals surface area contributed by atoms with E-state index in [1.165, 1.54) is 6.20 Å². The zero-order valence-electron chi connectivity index (χ0n) is 11.2. The highest BCUT2D eigenvalue weighted by Gasteiger charge is 2.32. The summed E-state index contributed by atoms with van der Waals surface area (Å²) in [6.07, 6.45) is 3.24. The van der Waals surface area contributed by atoms with Crippen molar-refractivity contribution in [2.24, 2.45) is 0 Å². The number of pyridine rings is 1. The van der Waals surface area contributed by atoms with Crippen molar-refractivity contribution in [1.82, 2.24) is 10.3 Å². The number of aliphatic hydroxyl groups excluding tert-OH is 1. The number of rotatable bonds is 2. The fourth-order valence-corrected chi connectivity index (χ4v) is 2.65. The molecule has 1 aromatic heterocycles. The molecular weight excluding hydrogens is 252 g/mol. The first-order valence-corrected chi connectivity index (χ1v) is 6.63. The summed E-state index contributed by atoms with van der Waals surface area (Å²) in [4.78, 5) is 16.3. The second kappa shape index (κ2) is 5.06. The van der Waals surface area contributed by atoms with E-state index in [1.807, 2.05) is 31.2 Å². The molecule has 2 unspecified atom stereocenters. The number of hydrogen-bond acceptors (Lipinski definition) is 3. The van der Waals surface area contributed by atoms with Gasteiger partial charge in [-0.1, -0.05) is 24.3 Å².